The van der Waals surface area contributed by atoms with Crippen LogP contribution < -0.4 is 0 Å². The maximum absolute atomic E-state index is 13.2. The van der Waals surface area contributed by atoms with Gasteiger partial charge in [0.05, 0.1) is 5.69 Å². The SMILES string of the molecule is FC(F)(F)c1cc(C2CC2)n(-c2ccc3c(c2)C[C@@H](CC2CCOCC2)C3)n1. The van der Waals surface area contributed by atoms with E-state index in [1.807, 2.05) is 6.07 Å². The van der Waals surface area contributed by atoms with Gasteiger partial charge in [0.2, 0.25) is 0 Å². The maximum Gasteiger partial charge on any atom is 0.435 e. The van der Waals surface area contributed by atoms with Crippen LogP contribution in [0.5, 0.6) is 0 Å². The summed E-state index contributed by atoms with van der Waals surface area (Å²) in [6, 6.07) is 7.34. The van der Waals surface area contributed by atoms with Crippen LogP contribution in [0.4, 0.5) is 13.2 Å². The average molecular weight is 390 g/mol. The molecule has 2 heterocycles. The molecule has 0 radical (unpaired) electrons. The fourth-order valence-electron chi connectivity index (χ4n) is 4.86. The molecule has 0 spiro atoms. The normalized spacial score (nSPS) is 23.2. The number of ether oxygens (including phenoxy) is 1. The average Bonchev–Trinajstić information content (AvgIpc) is 3.27. The van der Waals surface area contributed by atoms with Gasteiger partial charge in [-0.2, -0.15) is 18.3 Å². The monoisotopic (exact) mass is 390 g/mol. The Kier molecular flexibility index (Phi) is 4.49. The van der Waals surface area contributed by atoms with E-state index in [0.29, 0.717) is 11.6 Å². The van der Waals surface area contributed by atoms with E-state index in [2.05, 4.69) is 17.2 Å². The second kappa shape index (κ2) is 6.90. The molecule has 0 amide bonds. The van der Waals surface area contributed by atoms with Crippen molar-refractivity contribution >= 4 is 0 Å². The molecule has 0 unspecified atom stereocenters. The quantitative estimate of drug-likeness (QED) is 0.708. The summed E-state index contributed by atoms with van der Waals surface area (Å²) in [7, 11) is 0. The van der Waals surface area contributed by atoms with Gasteiger partial charge in [-0.3, -0.25) is 0 Å². The molecule has 2 aromatic rings. The van der Waals surface area contributed by atoms with Crippen LogP contribution in [-0.2, 0) is 23.8 Å². The highest BCUT2D eigenvalue weighted by atomic mass is 19.4. The van der Waals surface area contributed by atoms with E-state index in [1.165, 1.54) is 28.3 Å². The molecule has 28 heavy (non-hydrogen) atoms. The molecule has 6 heteroatoms. The Bertz CT molecular complexity index is 863. The van der Waals surface area contributed by atoms with Gasteiger partial charge in [0.1, 0.15) is 0 Å². The fourth-order valence-corrected chi connectivity index (χ4v) is 4.86. The standard InChI is InChI=1S/C22H25F3N2O/c23-22(24,25)21-13-20(16-1-2-16)27(26-21)19-4-3-17-10-15(11-18(17)12-19)9-14-5-7-28-8-6-14/h3-4,12-16H,1-2,5-11H2/t15-/m0/s1. The third kappa shape index (κ3) is 3.59. The Hall–Kier alpha value is -1.82. The van der Waals surface area contributed by atoms with Crippen LogP contribution in [0.15, 0.2) is 24.3 Å². The van der Waals surface area contributed by atoms with Crippen LogP contribution in [0.2, 0.25) is 0 Å². The Labute approximate surface area is 162 Å². The summed E-state index contributed by atoms with van der Waals surface area (Å²) < 4.78 is 46.6. The van der Waals surface area contributed by atoms with Crippen molar-refractivity contribution in [3.63, 3.8) is 0 Å². The number of aromatic nitrogens is 2. The van der Waals surface area contributed by atoms with E-state index in [4.69, 9.17) is 4.74 Å². The Morgan fingerprint density at radius 1 is 0.964 bits per heavy atom. The summed E-state index contributed by atoms with van der Waals surface area (Å²) in [5, 5.41) is 3.93. The molecule has 3 nitrogen and oxygen atoms in total. The lowest BCUT2D eigenvalue weighted by Crippen LogP contribution is -2.18. The fraction of sp³-hybridized carbons (Fsp3) is 0.591. The summed E-state index contributed by atoms with van der Waals surface area (Å²) in [5.41, 5.74) is 3.30. The molecule has 1 aromatic carbocycles. The van der Waals surface area contributed by atoms with Crippen LogP contribution >= 0.6 is 0 Å². The summed E-state index contributed by atoms with van der Waals surface area (Å²) >= 11 is 0. The van der Waals surface area contributed by atoms with Crippen molar-refractivity contribution < 1.29 is 17.9 Å². The van der Waals surface area contributed by atoms with E-state index < -0.39 is 11.9 Å². The van der Waals surface area contributed by atoms with Gasteiger partial charge in [-0.15, -0.1) is 0 Å². The molecule has 150 valence electrons. The van der Waals surface area contributed by atoms with Crippen molar-refractivity contribution in [2.45, 2.75) is 57.0 Å². The van der Waals surface area contributed by atoms with E-state index >= 15 is 0 Å². The number of benzene rings is 1. The first-order valence-corrected chi connectivity index (χ1v) is 10.3. The van der Waals surface area contributed by atoms with Gasteiger partial charge in [-0.1, -0.05) is 6.07 Å². The summed E-state index contributed by atoms with van der Waals surface area (Å²) in [6.45, 7) is 1.75. The summed E-state index contributed by atoms with van der Waals surface area (Å²) in [6.07, 6.45) is 3.11. The topological polar surface area (TPSA) is 27.1 Å². The third-order valence-electron chi connectivity index (χ3n) is 6.48. The number of rotatable bonds is 4. The first-order valence-electron chi connectivity index (χ1n) is 10.3. The number of hydrogen-bond acceptors (Lipinski definition) is 2. The molecule has 2 fully saturated rings. The van der Waals surface area contributed by atoms with E-state index in [0.717, 1.165) is 63.3 Å². The molecule has 1 saturated heterocycles. The van der Waals surface area contributed by atoms with Crippen LogP contribution in [0.1, 0.15) is 60.5 Å². The Morgan fingerprint density at radius 2 is 1.71 bits per heavy atom. The maximum atomic E-state index is 13.2. The zero-order valence-electron chi connectivity index (χ0n) is 15.8. The lowest BCUT2D eigenvalue weighted by atomic mass is 9.87. The number of fused-ring (bicyclic) bond motifs is 1. The van der Waals surface area contributed by atoms with Gasteiger partial charge in [-0.05, 0) is 86.1 Å². The number of hydrogen-bond donors (Lipinski definition) is 0. The van der Waals surface area contributed by atoms with Crippen molar-refractivity contribution in [2.24, 2.45) is 11.8 Å². The van der Waals surface area contributed by atoms with Gasteiger partial charge in [0, 0.05) is 24.8 Å². The van der Waals surface area contributed by atoms with Crippen molar-refractivity contribution in [3.8, 4) is 5.69 Å². The van der Waals surface area contributed by atoms with E-state index in [-0.39, 0.29) is 5.92 Å². The van der Waals surface area contributed by atoms with E-state index in [9.17, 15) is 13.2 Å². The van der Waals surface area contributed by atoms with Crippen molar-refractivity contribution in [1.82, 2.24) is 9.78 Å². The molecule has 1 atom stereocenters. The Morgan fingerprint density at radius 3 is 2.43 bits per heavy atom. The van der Waals surface area contributed by atoms with Gasteiger partial charge >= 0.3 is 6.18 Å². The summed E-state index contributed by atoms with van der Waals surface area (Å²) in [5.74, 6) is 1.59. The van der Waals surface area contributed by atoms with Crippen molar-refractivity contribution in [3.05, 3.63) is 46.8 Å². The molecule has 3 aliphatic rings. The minimum atomic E-state index is -4.40. The van der Waals surface area contributed by atoms with Gasteiger partial charge in [0.15, 0.2) is 5.69 Å². The van der Waals surface area contributed by atoms with Gasteiger partial charge in [-0.25, -0.2) is 4.68 Å². The van der Waals surface area contributed by atoms with E-state index in [1.54, 1.807) is 0 Å². The second-order valence-corrected chi connectivity index (χ2v) is 8.66. The molecular weight excluding hydrogens is 365 g/mol. The van der Waals surface area contributed by atoms with Crippen molar-refractivity contribution in [2.75, 3.05) is 13.2 Å². The van der Waals surface area contributed by atoms with Crippen molar-refractivity contribution in [1.29, 1.82) is 0 Å². The molecule has 2 aliphatic carbocycles. The predicted molar refractivity (Wildman–Crippen MR) is 99.6 cm³/mol. The lowest BCUT2D eigenvalue weighted by molar-refractivity contribution is -0.141. The molecule has 1 aliphatic heterocycles. The molecule has 0 N–H and O–H groups in total. The second-order valence-electron chi connectivity index (χ2n) is 8.66. The highest BCUT2D eigenvalue weighted by molar-refractivity contribution is 5.45. The Balaban J connectivity index is 1.38. The van der Waals surface area contributed by atoms with Crippen LogP contribution in [-0.4, -0.2) is 23.0 Å². The number of alkyl halides is 3. The van der Waals surface area contributed by atoms with Crippen LogP contribution in [0.3, 0.4) is 0 Å². The zero-order chi connectivity index (χ0) is 19.3. The minimum absolute atomic E-state index is 0.207. The largest absolute Gasteiger partial charge is 0.435 e. The van der Waals surface area contributed by atoms with Gasteiger partial charge in [0.25, 0.3) is 0 Å². The zero-order valence-corrected chi connectivity index (χ0v) is 15.8. The van der Waals surface area contributed by atoms with Crippen LogP contribution in [0.25, 0.3) is 5.69 Å². The number of nitrogens with zero attached hydrogens (tertiary/aromatic N) is 2. The minimum Gasteiger partial charge on any atom is -0.381 e. The van der Waals surface area contributed by atoms with Crippen LogP contribution in [0, 0.1) is 11.8 Å². The third-order valence-corrected chi connectivity index (χ3v) is 6.48. The lowest BCUT2D eigenvalue weighted by Gasteiger charge is -2.24. The molecular formula is C22H25F3N2O. The molecule has 1 saturated carbocycles. The molecule has 0 bridgehead atoms. The van der Waals surface area contributed by atoms with Gasteiger partial charge < -0.3 is 4.74 Å². The molecule has 1 aromatic heterocycles. The highest BCUT2D eigenvalue weighted by Crippen LogP contribution is 2.43. The number of halogens is 3. The summed E-state index contributed by atoms with van der Waals surface area (Å²) in [4.78, 5) is 0. The first kappa shape index (κ1) is 18.2. The predicted octanol–water partition coefficient (Wildman–Crippen LogP) is 5.30. The smallest absolute Gasteiger partial charge is 0.381 e. The first-order chi connectivity index (χ1) is 13.5. The highest BCUT2D eigenvalue weighted by Gasteiger charge is 2.38. The molecule has 5 rings (SSSR count).